The lowest BCUT2D eigenvalue weighted by atomic mass is 10.00. The van der Waals surface area contributed by atoms with Gasteiger partial charge in [-0.15, -0.1) is 0 Å². The number of nitrogens with one attached hydrogen (secondary N) is 1. The topological polar surface area (TPSA) is 38.0 Å². The summed E-state index contributed by atoms with van der Waals surface area (Å²) < 4.78 is 13.7. The van der Waals surface area contributed by atoms with Crippen LogP contribution in [0.25, 0.3) is 0 Å². The van der Waals surface area contributed by atoms with Crippen molar-refractivity contribution in [2.24, 2.45) is 5.84 Å². The van der Waals surface area contributed by atoms with Crippen molar-refractivity contribution in [2.75, 3.05) is 0 Å². The average Bonchev–Trinajstić information content (AvgIpc) is 2.45. The summed E-state index contributed by atoms with van der Waals surface area (Å²) in [6.45, 7) is 2.22. The second-order valence-corrected chi connectivity index (χ2v) is 5.80. The highest BCUT2D eigenvalue weighted by molar-refractivity contribution is 6.30. The Bertz CT molecular complexity index is 385. The first-order valence-corrected chi connectivity index (χ1v) is 7.95. The Morgan fingerprint density at radius 3 is 2.60 bits per heavy atom. The highest BCUT2D eigenvalue weighted by atomic mass is 35.5. The van der Waals surface area contributed by atoms with Gasteiger partial charge in [0.05, 0.1) is 0 Å². The molecule has 0 saturated carbocycles. The van der Waals surface area contributed by atoms with Gasteiger partial charge in [0.2, 0.25) is 0 Å². The van der Waals surface area contributed by atoms with Crippen LogP contribution in [0.5, 0.6) is 0 Å². The lowest BCUT2D eigenvalue weighted by Crippen LogP contribution is -2.36. The van der Waals surface area contributed by atoms with Gasteiger partial charge in [-0.3, -0.25) is 11.3 Å². The molecule has 0 radical (unpaired) electrons. The van der Waals surface area contributed by atoms with Gasteiger partial charge >= 0.3 is 0 Å². The Morgan fingerprint density at radius 2 is 1.90 bits per heavy atom. The number of hydrogen-bond donors (Lipinski definition) is 2. The Balaban J connectivity index is 2.33. The van der Waals surface area contributed by atoms with E-state index in [0.717, 1.165) is 12.8 Å². The molecule has 0 saturated heterocycles. The number of rotatable bonds is 10. The van der Waals surface area contributed by atoms with Crippen LogP contribution in [0.3, 0.4) is 0 Å². The number of hydrazine groups is 1. The maximum Gasteiger partial charge on any atom is 0.126 e. The quantitative estimate of drug-likeness (QED) is 0.376. The molecular formula is C16H26ClFN2. The molecule has 0 heterocycles. The number of halogens is 2. The average molecular weight is 301 g/mol. The third kappa shape index (κ3) is 6.69. The number of unbranched alkanes of at least 4 members (excludes halogenated alkanes) is 5. The molecule has 1 rings (SSSR count). The van der Waals surface area contributed by atoms with Gasteiger partial charge in [-0.2, -0.15) is 0 Å². The lowest BCUT2D eigenvalue weighted by Gasteiger charge is -2.16. The SMILES string of the molecule is CCCCCCCCC(Cc1cc(Cl)ccc1F)NN. The van der Waals surface area contributed by atoms with Gasteiger partial charge in [-0.25, -0.2) is 4.39 Å². The highest BCUT2D eigenvalue weighted by Gasteiger charge is 2.11. The van der Waals surface area contributed by atoms with Crippen molar-refractivity contribution in [2.45, 2.75) is 64.3 Å². The van der Waals surface area contributed by atoms with E-state index < -0.39 is 0 Å². The van der Waals surface area contributed by atoms with E-state index in [1.165, 1.54) is 38.2 Å². The molecule has 0 aliphatic heterocycles. The van der Waals surface area contributed by atoms with Gasteiger partial charge in [-0.05, 0) is 36.6 Å². The molecule has 3 N–H and O–H groups in total. The smallest absolute Gasteiger partial charge is 0.126 e. The molecule has 114 valence electrons. The van der Waals surface area contributed by atoms with Crippen molar-refractivity contribution in [1.82, 2.24) is 5.43 Å². The fraction of sp³-hybridized carbons (Fsp3) is 0.625. The minimum atomic E-state index is -0.211. The van der Waals surface area contributed by atoms with Gasteiger partial charge in [0.1, 0.15) is 5.82 Å². The number of nitrogens with two attached hydrogens (primary N) is 1. The first kappa shape index (κ1) is 17.4. The first-order chi connectivity index (χ1) is 9.67. The van der Waals surface area contributed by atoms with Crippen LogP contribution in [0.2, 0.25) is 5.02 Å². The van der Waals surface area contributed by atoms with Crippen LogP contribution < -0.4 is 11.3 Å². The van der Waals surface area contributed by atoms with Crippen LogP contribution >= 0.6 is 11.6 Å². The van der Waals surface area contributed by atoms with E-state index in [0.29, 0.717) is 17.0 Å². The zero-order chi connectivity index (χ0) is 14.8. The molecule has 1 unspecified atom stereocenters. The van der Waals surface area contributed by atoms with Crippen molar-refractivity contribution in [3.63, 3.8) is 0 Å². The Hall–Kier alpha value is -0.640. The van der Waals surface area contributed by atoms with E-state index in [-0.39, 0.29) is 11.9 Å². The van der Waals surface area contributed by atoms with Gasteiger partial charge < -0.3 is 0 Å². The van der Waals surface area contributed by atoms with Gasteiger partial charge in [-0.1, -0.05) is 57.0 Å². The number of benzene rings is 1. The minimum absolute atomic E-state index is 0.106. The van der Waals surface area contributed by atoms with Crippen LogP contribution in [-0.4, -0.2) is 6.04 Å². The van der Waals surface area contributed by atoms with Crippen molar-refractivity contribution >= 4 is 11.6 Å². The molecule has 1 atom stereocenters. The van der Waals surface area contributed by atoms with E-state index in [2.05, 4.69) is 12.3 Å². The molecule has 0 amide bonds. The van der Waals surface area contributed by atoms with E-state index in [1.807, 2.05) is 0 Å². The van der Waals surface area contributed by atoms with E-state index >= 15 is 0 Å². The fourth-order valence-electron chi connectivity index (χ4n) is 2.38. The summed E-state index contributed by atoms with van der Waals surface area (Å²) in [6, 6.07) is 4.77. The third-order valence-corrected chi connectivity index (χ3v) is 3.85. The highest BCUT2D eigenvalue weighted by Crippen LogP contribution is 2.18. The summed E-state index contributed by atoms with van der Waals surface area (Å²) in [4.78, 5) is 0. The van der Waals surface area contributed by atoms with E-state index in [1.54, 1.807) is 12.1 Å². The van der Waals surface area contributed by atoms with Gasteiger partial charge in [0.25, 0.3) is 0 Å². The summed E-state index contributed by atoms with van der Waals surface area (Å²) in [5, 5.41) is 0.566. The predicted octanol–water partition coefficient (Wildman–Crippen LogP) is 4.60. The predicted molar refractivity (Wildman–Crippen MR) is 84.2 cm³/mol. The van der Waals surface area contributed by atoms with Crippen LogP contribution in [0.15, 0.2) is 18.2 Å². The van der Waals surface area contributed by atoms with Crippen molar-refractivity contribution in [3.8, 4) is 0 Å². The standard InChI is InChI=1S/C16H26ClFN2/c1-2-3-4-5-6-7-8-15(20-19)12-13-11-14(17)9-10-16(13)18/h9-11,15,20H,2-8,12,19H2,1H3. The monoisotopic (exact) mass is 300 g/mol. The second-order valence-electron chi connectivity index (χ2n) is 5.36. The second kappa shape index (κ2) is 10.1. The first-order valence-electron chi connectivity index (χ1n) is 7.57. The summed E-state index contributed by atoms with van der Waals surface area (Å²) in [7, 11) is 0. The normalized spacial score (nSPS) is 12.6. The molecule has 1 aromatic carbocycles. The molecule has 20 heavy (non-hydrogen) atoms. The van der Waals surface area contributed by atoms with Gasteiger partial charge in [0.15, 0.2) is 0 Å². The van der Waals surface area contributed by atoms with Crippen LogP contribution in [0.4, 0.5) is 4.39 Å². The van der Waals surface area contributed by atoms with Crippen LogP contribution in [0, 0.1) is 5.82 Å². The molecule has 0 bridgehead atoms. The largest absolute Gasteiger partial charge is 0.271 e. The Labute approximate surface area is 126 Å². The lowest BCUT2D eigenvalue weighted by molar-refractivity contribution is 0.452. The van der Waals surface area contributed by atoms with E-state index in [4.69, 9.17) is 17.4 Å². The van der Waals surface area contributed by atoms with E-state index in [9.17, 15) is 4.39 Å². The number of hydrogen-bond acceptors (Lipinski definition) is 2. The maximum atomic E-state index is 13.7. The molecule has 2 nitrogen and oxygen atoms in total. The summed E-state index contributed by atoms with van der Waals surface area (Å²) in [6.07, 6.45) is 9.05. The van der Waals surface area contributed by atoms with Crippen molar-refractivity contribution in [3.05, 3.63) is 34.6 Å². The molecule has 0 fully saturated rings. The van der Waals surface area contributed by atoms with Crippen LogP contribution in [-0.2, 0) is 6.42 Å². The Morgan fingerprint density at radius 1 is 1.20 bits per heavy atom. The molecule has 0 spiro atoms. The zero-order valence-electron chi connectivity index (χ0n) is 12.3. The molecular weight excluding hydrogens is 275 g/mol. The van der Waals surface area contributed by atoms with Crippen molar-refractivity contribution in [1.29, 1.82) is 0 Å². The fourth-order valence-corrected chi connectivity index (χ4v) is 2.58. The van der Waals surface area contributed by atoms with Crippen molar-refractivity contribution < 1.29 is 4.39 Å². The van der Waals surface area contributed by atoms with Crippen LogP contribution in [0.1, 0.15) is 57.4 Å². The molecule has 0 aliphatic carbocycles. The molecule has 0 aromatic heterocycles. The third-order valence-electron chi connectivity index (χ3n) is 3.62. The summed E-state index contributed by atoms with van der Waals surface area (Å²) in [5.74, 6) is 5.36. The molecule has 4 heteroatoms. The molecule has 0 aliphatic rings. The Kier molecular flexibility index (Phi) is 8.83. The van der Waals surface area contributed by atoms with Gasteiger partial charge in [0, 0.05) is 11.1 Å². The minimum Gasteiger partial charge on any atom is -0.271 e. The summed E-state index contributed by atoms with van der Waals surface area (Å²) >= 11 is 5.90. The summed E-state index contributed by atoms with van der Waals surface area (Å²) in [5.41, 5.74) is 3.42. The maximum absolute atomic E-state index is 13.7. The molecule has 1 aromatic rings. The zero-order valence-corrected chi connectivity index (χ0v) is 13.1.